The van der Waals surface area contributed by atoms with E-state index in [1.807, 2.05) is 41.5 Å². The van der Waals surface area contributed by atoms with Gasteiger partial charge < -0.3 is 9.84 Å². The zero-order valence-electron chi connectivity index (χ0n) is 23.4. The number of aromatic hydroxyl groups is 1. The third kappa shape index (κ3) is 3.70. The number of phenolic OH excluding ortho intramolecular Hbond substituents is 1. The third-order valence-corrected chi connectivity index (χ3v) is 9.17. The van der Waals surface area contributed by atoms with Gasteiger partial charge in [0.15, 0.2) is 0 Å². The molecule has 4 amide bonds. The normalized spacial score (nSPS) is 32.3. The summed E-state index contributed by atoms with van der Waals surface area (Å²) in [7, 11) is 0. The smallest absolute Gasteiger partial charge is 0.234 e. The lowest BCUT2D eigenvalue weighted by atomic mass is 9.56. The number of ether oxygens (including phenoxy) is 1. The number of phenols is 1. The Hall–Kier alpha value is -3.42. The van der Waals surface area contributed by atoms with Crippen molar-refractivity contribution < 1.29 is 29.0 Å². The molecule has 3 fully saturated rings. The van der Waals surface area contributed by atoms with Gasteiger partial charge in [-0.3, -0.25) is 29.0 Å². The van der Waals surface area contributed by atoms with Crippen molar-refractivity contribution in [1.82, 2.24) is 9.80 Å². The molecule has 3 aliphatic heterocycles. The van der Waals surface area contributed by atoms with E-state index >= 15 is 0 Å². The van der Waals surface area contributed by atoms with E-state index in [2.05, 4.69) is 6.08 Å². The third-order valence-electron chi connectivity index (χ3n) is 9.17. The molecule has 0 unspecified atom stereocenters. The maximum Gasteiger partial charge on any atom is 0.234 e. The fourth-order valence-electron chi connectivity index (χ4n) is 7.73. The minimum Gasteiger partial charge on any atom is -0.508 e. The van der Waals surface area contributed by atoms with Crippen molar-refractivity contribution in [2.75, 3.05) is 0 Å². The molecular formula is C31H36N2O6. The topological polar surface area (TPSA) is 104 Å². The van der Waals surface area contributed by atoms with Gasteiger partial charge in [-0.15, -0.1) is 0 Å². The Bertz CT molecular complexity index is 1380. The van der Waals surface area contributed by atoms with Crippen LogP contribution in [0.3, 0.4) is 0 Å². The first-order valence-electron chi connectivity index (χ1n) is 13.8. The van der Waals surface area contributed by atoms with Gasteiger partial charge in [0.1, 0.15) is 11.5 Å². The van der Waals surface area contributed by atoms with Gasteiger partial charge in [0.2, 0.25) is 23.6 Å². The van der Waals surface area contributed by atoms with Crippen molar-refractivity contribution >= 4 is 23.6 Å². The van der Waals surface area contributed by atoms with Crippen LogP contribution >= 0.6 is 0 Å². The number of allylic oxidation sites excluding steroid dienone is 3. The summed E-state index contributed by atoms with van der Waals surface area (Å²) in [5.74, 6) is -2.91. The Balaban J connectivity index is 1.46. The quantitative estimate of drug-likeness (QED) is 0.434. The predicted molar refractivity (Wildman–Crippen MR) is 142 cm³/mol. The Kier molecular flexibility index (Phi) is 5.49. The number of hydrogen-bond donors (Lipinski definition) is 1. The number of rotatable bonds is 1. The molecule has 0 spiro atoms. The maximum absolute atomic E-state index is 14.0. The van der Waals surface area contributed by atoms with E-state index < -0.39 is 40.7 Å². The lowest BCUT2D eigenvalue weighted by Crippen LogP contribution is -2.47. The van der Waals surface area contributed by atoms with Crippen LogP contribution in [0.2, 0.25) is 0 Å². The van der Waals surface area contributed by atoms with Gasteiger partial charge in [-0.05, 0) is 84.1 Å². The summed E-state index contributed by atoms with van der Waals surface area (Å²) < 4.78 is 5.98. The molecule has 6 atom stereocenters. The van der Waals surface area contributed by atoms with Gasteiger partial charge in [0.05, 0.1) is 29.9 Å². The summed E-state index contributed by atoms with van der Waals surface area (Å²) in [5, 5.41) is 10.1. The van der Waals surface area contributed by atoms with E-state index in [4.69, 9.17) is 4.74 Å². The molecular weight excluding hydrogens is 496 g/mol. The number of benzene rings is 1. The number of imide groups is 2. The number of hydrogen-bond acceptors (Lipinski definition) is 6. The van der Waals surface area contributed by atoms with E-state index in [-0.39, 0.29) is 35.3 Å². The SMILES string of the molecule is CC(C)(C)N1C(=O)[C@H]2[C@H](CC=C3[C@H](C4=COc5ccc(O)cc5C4)[C@@H]4C(=O)N(C(C)(C)C)C(=O)[C@@H]4C[C@H]32)C1=O. The average Bonchev–Trinajstić information content (AvgIpc) is 3.25. The predicted octanol–water partition coefficient (Wildman–Crippen LogP) is 3.98. The highest BCUT2D eigenvalue weighted by molar-refractivity contribution is 6.08. The molecule has 2 saturated heterocycles. The molecule has 39 heavy (non-hydrogen) atoms. The van der Waals surface area contributed by atoms with Crippen LogP contribution < -0.4 is 4.74 Å². The van der Waals surface area contributed by atoms with Gasteiger partial charge in [-0.1, -0.05) is 11.6 Å². The molecule has 1 saturated carbocycles. The van der Waals surface area contributed by atoms with Crippen molar-refractivity contribution in [2.24, 2.45) is 35.5 Å². The number of carbonyl (C=O) groups is 4. The van der Waals surface area contributed by atoms with Crippen LogP contribution in [0.15, 0.2) is 41.7 Å². The average molecular weight is 533 g/mol. The van der Waals surface area contributed by atoms with E-state index in [0.29, 0.717) is 25.0 Å². The van der Waals surface area contributed by atoms with Crippen molar-refractivity contribution in [3.63, 3.8) is 0 Å². The van der Waals surface area contributed by atoms with Crippen LogP contribution in [0.25, 0.3) is 0 Å². The Morgan fingerprint density at radius 1 is 0.821 bits per heavy atom. The minimum atomic E-state index is -0.684. The van der Waals surface area contributed by atoms with Crippen LogP contribution in [-0.4, -0.2) is 49.6 Å². The summed E-state index contributed by atoms with van der Waals surface area (Å²) in [6.45, 7) is 11.2. The van der Waals surface area contributed by atoms with Crippen LogP contribution in [0.4, 0.5) is 0 Å². The molecule has 0 bridgehead atoms. The molecule has 2 aliphatic carbocycles. The summed E-state index contributed by atoms with van der Waals surface area (Å²) in [6.07, 6.45) is 4.98. The van der Waals surface area contributed by atoms with Crippen LogP contribution in [0, 0.1) is 35.5 Å². The molecule has 8 heteroatoms. The highest BCUT2D eigenvalue weighted by Gasteiger charge is 2.64. The number of likely N-dealkylation sites (tertiary alicyclic amines) is 2. The van der Waals surface area contributed by atoms with E-state index in [1.54, 1.807) is 24.5 Å². The zero-order chi connectivity index (χ0) is 28.2. The van der Waals surface area contributed by atoms with Crippen LogP contribution in [0.1, 0.15) is 59.9 Å². The van der Waals surface area contributed by atoms with Crippen LogP contribution in [0.5, 0.6) is 11.5 Å². The summed E-state index contributed by atoms with van der Waals surface area (Å²) >= 11 is 0. The summed E-state index contributed by atoms with van der Waals surface area (Å²) in [4.78, 5) is 57.9. The summed E-state index contributed by atoms with van der Waals surface area (Å²) in [6, 6.07) is 4.94. The van der Waals surface area contributed by atoms with Gasteiger partial charge in [0, 0.05) is 29.0 Å². The van der Waals surface area contributed by atoms with Crippen LogP contribution in [-0.2, 0) is 25.6 Å². The molecule has 5 aliphatic rings. The molecule has 0 radical (unpaired) electrons. The first-order valence-corrected chi connectivity index (χ1v) is 13.8. The van der Waals surface area contributed by atoms with Gasteiger partial charge in [-0.2, -0.15) is 0 Å². The Morgan fingerprint density at radius 2 is 1.44 bits per heavy atom. The van der Waals surface area contributed by atoms with Crippen molar-refractivity contribution in [3.05, 3.63) is 47.2 Å². The second kappa shape index (κ2) is 8.29. The monoisotopic (exact) mass is 532 g/mol. The molecule has 0 aromatic heterocycles. The van der Waals surface area contributed by atoms with Gasteiger partial charge in [0.25, 0.3) is 0 Å². The zero-order valence-corrected chi connectivity index (χ0v) is 23.4. The molecule has 8 nitrogen and oxygen atoms in total. The molecule has 1 N–H and O–H groups in total. The lowest BCUT2D eigenvalue weighted by molar-refractivity contribution is -0.147. The van der Waals surface area contributed by atoms with E-state index in [9.17, 15) is 24.3 Å². The number of amides is 4. The van der Waals surface area contributed by atoms with E-state index in [1.165, 1.54) is 9.80 Å². The standard InChI is InChI=1S/C31H36N2O6/c1-30(2,3)32-26(35)19-9-8-18-20(24(19)28(32)37)13-21-25(29(38)33(27(21)36)31(4,5)6)23(18)16-11-15-12-17(34)7-10-22(15)39-14-16/h7-8,10,12,14,19-21,23-25,34H,9,11,13H2,1-6H3/t19-,20+,21+,23-,24-,25+/m0/s1. The van der Waals surface area contributed by atoms with Crippen molar-refractivity contribution in [1.29, 1.82) is 0 Å². The number of nitrogens with zero attached hydrogens (tertiary/aromatic N) is 2. The summed E-state index contributed by atoms with van der Waals surface area (Å²) in [5.41, 5.74) is 1.28. The number of fused-ring (bicyclic) bond motifs is 5. The van der Waals surface area contributed by atoms with E-state index in [0.717, 1.165) is 16.7 Å². The second-order valence-electron chi connectivity index (χ2n) is 13.7. The lowest BCUT2D eigenvalue weighted by Gasteiger charge is -2.45. The molecule has 6 rings (SSSR count). The highest BCUT2D eigenvalue weighted by atomic mass is 16.5. The number of carbonyl (C=O) groups excluding carboxylic acids is 4. The minimum absolute atomic E-state index is 0.126. The molecule has 3 heterocycles. The highest BCUT2D eigenvalue weighted by Crippen LogP contribution is 2.58. The largest absolute Gasteiger partial charge is 0.508 e. The molecule has 1 aromatic rings. The Labute approximate surface area is 228 Å². The van der Waals surface area contributed by atoms with Gasteiger partial charge in [-0.25, -0.2) is 0 Å². The fourth-order valence-corrected chi connectivity index (χ4v) is 7.73. The maximum atomic E-state index is 14.0. The first kappa shape index (κ1) is 25.8. The fraction of sp³-hybridized carbons (Fsp3) is 0.548. The first-order chi connectivity index (χ1) is 18.2. The second-order valence-corrected chi connectivity index (χ2v) is 13.7. The van der Waals surface area contributed by atoms with Crippen molar-refractivity contribution in [3.8, 4) is 11.5 Å². The Morgan fingerprint density at radius 3 is 2.08 bits per heavy atom. The molecule has 1 aromatic carbocycles. The van der Waals surface area contributed by atoms with Gasteiger partial charge >= 0.3 is 0 Å². The molecule has 206 valence electrons. The van der Waals surface area contributed by atoms with Crippen molar-refractivity contribution in [2.45, 2.75) is 71.9 Å².